The summed E-state index contributed by atoms with van der Waals surface area (Å²) in [5.41, 5.74) is 10.2. The lowest BCUT2D eigenvalue weighted by atomic mass is 10.0. The third-order valence-corrected chi connectivity index (χ3v) is 2.56. The van der Waals surface area contributed by atoms with Gasteiger partial charge in [-0.1, -0.05) is 0 Å². The van der Waals surface area contributed by atoms with Crippen molar-refractivity contribution in [2.45, 2.75) is 25.0 Å². The van der Waals surface area contributed by atoms with Gasteiger partial charge in [0, 0.05) is 19.5 Å². The third-order valence-electron chi connectivity index (χ3n) is 2.56. The number of aliphatic hydroxyl groups is 1. The van der Waals surface area contributed by atoms with Gasteiger partial charge in [-0.15, -0.1) is 0 Å². The van der Waals surface area contributed by atoms with Crippen molar-refractivity contribution in [3.63, 3.8) is 0 Å². The normalized spacial score (nSPS) is 18.2. The van der Waals surface area contributed by atoms with Gasteiger partial charge in [-0.25, -0.2) is 4.79 Å². The number of guanidine groups is 1. The molecule has 1 amide bonds. The van der Waals surface area contributed by atoms with Crippen LogP contribution < -0.4 is 11.5 Å². The van der Waals surface area contributed by atoms with Crippen LogP contribution in [0.25, 0.3) is 0 Å². The summed E-state index contributed by atoms with van der Waals surface area (Å²) in [7, 11) is 0. The Labute approximate surface area is 97.9 Å². The molecule has 0 spiro atoms. The quantitative estimate of drug-likeness (QED) is 0.235. The van der Waals surface area contributed by atoms with Crippen LogP contribution in [0.5, 0.6) is 0 Å². The zero-order chi connectivity index (χ0) is 13.0. The summed E-state index contributed by atoms with van der Waals surface area (Å²) in [6.07, 6.45) is -0.775. The predicted octanol–water partition coefficient (Wildman–Crippen LogP) is -2.30. The van der Waals surface area contributed by atoms with Crippen LogP contribution in [0.4, 0.5) is 0 Å². The molecule has 0 aromatic carbocycles. The zero-order valence-corrected chi connectivity index (χ0v) is 9.24. The van der Waals surface area contributed by atoms with Crippen LogP contribution in [0.3, 0.4) is 0 Å². The highest BCUT2D eigenvalue weighted by atomic mass is 16.4. The lowest BCUT2D eigenvalue weighted by Gasteiger charge is -2.37. The molecule has 8 nitrogen and oxygen atoms in total. The molecule has 2 atom stereocenters. The standard InChI is InChI=1S/C9H16N4O4/c10-9(11)12-3-1-5(14)7(8(16)17)13-4-2-6(13)15/h5,7,14H,1-4H2,(H,16,17)(H4,10,11,12). The number of hydrogen-bond donors (Lipinski definition) is 4. The average Bonchev–Trinajstić information content (AvgIpc) is 2.22. The summed E-state index contributed by atoms with van der Waals surface area (Å²) in [4.78, 5) is 26.9. The van der Waals surface area contributed by atoms with Gasteiger partial charge < -0.3 is 26.6 Å². The highest BCUT2D eigenvalue weighted by Gasteiger charge is 2.39. The van der Waals surface area contributed by atoms with Crippen molar-refractivity contribution in [3.05, 3.63) is 0 Å². The van der Waals surface area contributed by atoms with Crippen molar-refractivity contribution in [1.82, 2.24) is 4.90 Å². The van der Waals surface area contributed by atoms with Crippen molar-refractivity contribution >= 4 is 17.8 Å². The van der Waals surface area contributed by atoms with E-state index in [9.17, 15) is 14.7 Å². The van der Waals surface area contributed by atoms with Crippen molar-refractivity contribution in [2.24, 2.45) is 16.5 Å². The van der Waals surface area contributed by atoms with Gasteiger partial charge >= 0.3 is 5.97 Å². The van der Waals surface area contributed by atoms with Crippen LogP contribution in [-0.2, 0) is 9.59 Å². The molecular weight excluding hydrogens is 228 g/mol. The summed E-state index contributed by atoms with van der Waals surface area (Å²) in [5.74, 6) is -1.61. The molecule has 1 rings (SSSR count). The van der Waals surface area contributed by atoms with E-state index in [1.165, 1.54) is 0 Å². The molecule has 0 radical (unpaired) electrons. The Hall–Kier alpha value is -1.83. The molecule has 17 heavy (non-hydrogen) atoms. The van der Waals surface area contributed by atoms with E-state index in [0.717, 1.165) is 4.90 Å². The minimum atomic E-state index is -1.23. The molecule has 96 valence electrons. The Kier molecular flexibility index (Phi) is 4.27. The molecule has 0 aromatic heterocycles. The number of carboxylic acid groups (broad SMARTS) is 1. The van der Waals surface area contributed by atoms with E-state index < -0.39 is 18.1 Å². The van der Waals surface area contributed by atoms with E-state index >= 15 is 0 Å². The Balaban J connectivity index is 2.55. The first kappa shape index (κ1) is 13.2. The Morgan fingerprint density at radius 3 is 2.53 bits per heavy atom. The fourth-order valence-electron chi connectivity index (χ4n) is 1.62. The van der Waals surface area contributed by atoms with Crippen LogP contribution >= 0.6 is 0 Å². The third kappa shape index (κ3) is 3.31. The molecule has 1 heterocycles. The number of rotatable bonds is 6. The van der Waals surface area contributed by atoms with E-state index in [2.05, 4.69) is 4.99 Å². The maximum atomic E-state index is 11.1. The first-order valence-electron chi connectivity index (χ1n) is 5.19. The number of nitrogens with two attached hydrogens (primary N) is 2. The van der Waals surface area contributed by atoms with Crippen molar-refractivity contribution < 1.29 is 19.8 Å². The number of carbonyl (C=O) groups is 2. The summed E-state index contributed by atoms with van der Waals surface area (Å²) in [6.45, 7) is 0.477. The lowest BCUT2D eigenvalue weighted by molar-refractivity contribution is -0.162. The molecule has 8 heteroatoms. The molecule has 0 saturated carbocycles. The molecule has 0 aromatic rings. The van der Waals surface area contributed by atoms with Crippen molar-refractivity contribution in [3.8, 4) is 0 Å². The van der Waals surface area contributed by atoms with Gasteiger partial charge in [-0.2, -0.15) is 0 Å². The first-order chi connectivity index (χ1) is 7.93. The van der Waals surface area contributed by atoms with Crippen LogP contribution in [0, 0.1) is 0 Å². The summed E-state index contributed by atoms with van der Waals surface area (Å²) < 4.78 is 0. The number of carbonyl (C=O) groups excluding carboxylic acids is 1. The Morgan fingerprint density at radius 1 is 1.53 bits per heavy atom. The smallest absolute Gasteiger partial charge is 0.329 e. The number of likely N-dealkylation sites (tertiary alicyclic amines) is 1. The number of aliphatic hydroxyl groups excluding tert-OH is 1. The summed E-state index contributed by atoms with van der Waals surface area (Å²) in [6, 6.07) is -1.22. The zero-order valence-electron chi connectivity index (χ0n) is 9.24. The van der Waals surface area contributed by atoms with Crippen LogP contribution in [0.1, 0.15) is 12.8 Å². The molecule has 2 unspecified atom stereocenters. The maximum Gasteiger partial charge on any atom is 0.329 e. The lowest BCUT2D eigenvalue weighted by Crippen LogP contribution is -2.58. The molecule has 1 aliphatic rings. The highest BCUT2D eigenvalue weighted by molar-refractivity contribution is 5.88. The first-order valence-corrected chi connectivity index (χ1v) is 5.19. The number of carboxylic acids is 1. The van der Waals surface area contributed by atoms with Gasteiger partial charge in [0.2, 0.25) is 5.91 Å². The minimum absolute atomic E-state index is 0.0820. The minimum Gasteiger partial charge on any atom is -0.480 e. The van der Waals surface area contributed by atoms with Gasteiger partial charge in [0.25, 0.3) is 0 Å². The molecule has 6 N–H and O–H groups in total. The topological polar surface area (TPSA) is 142 Å². The number of hydrogen-bond acceptors (Lipinski definition) is 4. The average molecular weight is 244 g/mol. The molecule has 1 aliphatic heterocycles. The van der Waals surface area contributed by atoms with E-state index in [0.29, 0.717) is 13.0 Å². The monoisotopic (exact) mass is 244 g/mol. The van der Waals surface area contributed by atoms with Gasteiger partial charge in [-0.3, -0.25) is 9.79 Å². The number of nitrogens with zero attached hydrogens (tertiary/aromatic N) is 2. The molecular formula is C9H16N4O4. The van der Waals surface area contributed by atoms with Gasteiger partial charge in [0.15, 0.2) is 12.0 Å². The molecule has 1 saturated heterocycles. The van der Waals surface area contributed by atoms with Gasteiger partial charge in [-0.05, 0) is 6.42 Å². The van der Waals surface area contributed by atoms with E-state index in [4.69, 9.17) is 16.6 Å². The second kappa shape index (κ2) is 5.48. The van der Waals surface area contributed by atoms with Crippen LogP contribution in [0.15, 0.2) is 4.99 Å². The fourth-order valence-corrected chi connectivity index (χ4v) is 1.62. The number of β-lactam (4-membered cyclic amide) rings is 1. The SMILES string of the molecule is NC(N)=NCCC(O)C(C(=O)O)N1CCC1=O. The van der Waals surface area contributed by atoms with E-state index in [-0.39, 0.29) is 24.8 Å². The fraction of sp³-hybridized carbons (Fsp3) is 0.667. The second-order valence-electron chi connectivity index (χ2n) is 3.78. The number of aliphatic carboxylic acids is 1. The molecule has 0 bridgehead atoms. The largest absolute Gasteiger partial charge is 0.480 e. The van der Waals surface area contributed by atoms with Gasteiger partial charge in [0.1, 0.15) is 0 Å². The predicted molar refractivity (Wildman–Crippen MR) is 59.1 cm³/mol. The highest BCUT2D eigenvalue weighted by Crippen LogP contribution is 2.17. The van der Waals surface area contributed by atoms with E-state index in [1.807, 2.05) is 0 Å². The Morgan fingerprint density at radius 2 is 2.18 bits per heavy atom. The van der Waals surface area contributed by atoms with Crippen molar-refractivity contribution in [1.29, 1.82) is 0 Å². The molecule has 0 aliphatic carbocycles. The number of amides is 1. The van der Waals surface area contributed by atoms with Gasteiger partial charge in [0.05, 0.1) is 6.10 Å². The van der Waals surface area contributed by atoms with Crippen LogP contribution in [0.2, 0.25) is 0 Å². The molecule has 1 fully saturated rings. The van der Waals surface area contributed by atoms with Crippen LogP contribution in [-0.4, -0.2) is 58.2 Å². The van der Waals surface area contributed by atoms with E-state index in [1.54, 1.807) is 0 Å². The summed E-state index contributed by atoms with van der Waals surface area (Å²) in [5, 5.41) is 18.7. The summed E-state index contributed by atoms with van der Waals surface area (Å²) >= 11 is 0. The number of aliphatic imine (C=N–C) groups is 1. The van der Waals surface area contributed by atoms with Crippen molar-refractivity contribution in [2.75, 3.05) is 13.1 Å². The maximum absolute atomic E-state index is 11.1. The Bertz CT molecular complexity index is 340. The second-order valence-corrected chi connectivity index (χ2v) is 3.78.